The van der Waals surface area contributed by atoms with Gasteiger partial charge in [0.1, 0.15) is 10.7 Å². The Hall–Kier alpha value is -1.11. The molecular weight excluding hydrogens is 208 g/mol. The molecule has 0 bridgehead atoms. The Kier molecular flexibility index (Phi) is 5.14. The van der Waals surface area contributed by atoms with Crippen LogP contribution in [-0.2, 0) is 15.5 Å². The number of nitrogens with one attached hydrogen (secondary N) is 1. The lowest BCUT2D eigenvalue weighted by molar-refractivity contribution is 0.153. The molecule has 0 saturated heterocycles. The van der Waals surface area contributed by atoms with Crippen LogP contribution in [0.15, 0.2) is 5.16 Å². The average Bonchev–Trinajstić information content (AvgIpc) is 2.01. The molecule has 0 aliphatic rings. The topological polar surface area (TPSA) is 84.8 Å². The third kappa shape index (κ3) is 6.41. The van der Waals surface area contributed by atoms with Gasteiger partial charge in [-0.15, -0.1) is 0 Å². The largest absolute Gasteiger partial charge is 0.433 e. The summed E-state index contributed by atoms with van der Waals surface area (Å²) in [6.07, 6.45) is 0.594. The van der Waals surface area contributed by atoms with Crippen LogP contribution >= 0.6 is 0 Å². The summed E-state index contributed by atoms with van der Waals surface area (Å²) in [5, 5.41) is 5.56. The first-order valence-electron chi connectivity index (χ1n) is 3.92. The fourth-order valence-corrected chi connectivity index (χ4v) is 1.38. The smallest absolute Gasteiger partial charge is 0.323 e. The Morgan fingerprint density at radius 1 is 1.57 bits per heavy atom. The molecule has 0 aromatic carbocycles. The van der Waals surface area contributed by atoms with Crippen LogP contribution in [0.2, 0.25) is 0 Å². The first-order valence-corrected chi connectivity index (χ1v) is 5.29. The van der Waals surface area contributed by atoms with Crippen molar-refractivity contribution in [2.45, 2.75) is 13.8 Å². The van der Waals surface area contributed by atoms with E-state index >= 15 is 0 Å². The number of nitrogens with zero attached hydrogens (tertiary/aromatic N) is 1. The number of carbonyl (C=O) groups excluding carboxylic acids is 1. The molecule has 7 heteroatoms. The maximum atomic E-state index is 10.6. The SMILES string of the molecule is CNC(=O)ON=CC(C)(C)C[SH](=O)=O. The number of hydrogen-bond acceptors (Lipinski definition) is 5. The normalized spacial score (nSPS) is 12.0. The summed E-state index contributed by atoms with van der Waals surface area (Å²) >= 11 is 0. The molecule has 0 aliphatic carbocycles. The number of carbonyl (C=O) groups is 1. The van der Waals surface area contributed by atoms with E-state index in [1.54, 1.807) is 13.8 Å². The van der Waals surface area contributed by atoms with E-state index in [2.05, 4.69) is 15.3 Å². The summed E-state index contributed by atoms with van der Waals surface area (Å²) in [4.78, 5) is 14.9. The van der Waals surface area contributed by atoms with Crippen LogP contribution in [0.1, 0.15) is 13.8 Å². The second kappa shape index (κ2) is 5.58. The molecule has 0 fully saturated rings. The predicted molar refractivity (Wildman–Crippen MR) is 53.0 cm³/mol. The number of oxime groups is 1. The second-order valence-electron chi connectivity index (χ2n) is 3.34. The molecule has 0 rings (SSSR count). The molecule has 1 N–H and O–H groups in total. The Morgan fingerprint density at radius 2 is 2.14 bits per heavy atom. The molecule has 0 aromatic heterocycles. The zero-order valence-corrected chi connectivity index (χ0v) is 9.21. The summed E-state index contributed by atoms with van der Waals surface area (Å²) in [7, 11) is -1.07. The first kappa shape index (κ1) is 12.9. The fourth-order valence-electron chi connectivity index (χ4n) is 0.636. The minimum Gasteiger partial charge on any atom is -0.323 e. The highest BCUT2D eigenvalue weighted by atomic mass is 32.2. The van der Waals surface area contributed by atoms with Crippen LogP contribution in [0.4, 0.5) is 4.79 Å². The van der Waals surface area contributed by atoms with E-state index in [1.807, 2.05) is 0 Å². The van der Waals surface area contributed by atoms with Gasteiger partial charge in [0.2, 0.25) is 0 Å². The van der Waals surface area contributed by atoms with Gasteiger partial charge in [0, 0.05) is 12.5 Å². The van der Waals surface area contributed by atoms with E-state index < -0.39 is 22.2 Å². The summed E-state index contributed by atoms with van der Waals surface area (Å²) in [5.74, 6) is -0.0388. The summed E-state index contributed by atoms with van der Waals surface area (Å²) in [5.41, 5.74) is -0.636. The van der Waals surface area contributed by atoms with Gasteiger partial charge in [-0.25, -0.2) is 13.2 Å². The van der Waals surface area contributed by atoms with Gasteiger partial charge < -0.3 is 5.32 Å². The van der Waals surface area contributed by atoms with Crippen molar-refractivity contribution in [3.05, 3.63) is 0 Å². The van der Waals surface area contributed by atoms with Crippen molar-refractivity contribution in [3.8, 4) is 0 Å². The Labute approximate surface area is 84.3 Å². The summed E-state index contributed by atoms with van der Waals surface area (Å²) < 4.78 is 20.8. The van der Waals surface area contributed by atoms with Gasteiger partial charge in [0.15, 0.2) is 0 Å². The monoisotopic (exact) mass is 222 g/mol. The van der Waals surface area contributed by atoms with Crippen molar-refractivity contribution >= 4 is 23.0 Å². The highest BCUT2D eigenvalue weighted by Crippen LogP contribution is 2.11. The van der Waals surface area contributed by atoms with Crippen molar-refractivity contribution in [2.75, 3.05) is 12.8 Å². The van der Waals surface area contributed by atoms with Gasteiger partial charge in [0.05, 0.1) is 12.0 Å². The Balaban J connectivity index is 4.14. The van der Waals surface area contributed by atoms with E-state index in [9.17, 15) is 13.2 Å². The molecule has 0 spiro atoms. The Bertz CT molecular complexity index is 288. The molecule has 0 saturated carbocycles. The van der Waals surface area contributed by atoms with Crippen LogP contribution in [-0.4, -0.2) is 33.5 Å². The van der Waals surface area contributed by atoms with E-state index in [0.717, 1.165) is 0 Å². The van der Waals surface area contributed by atoms with Crippen LogP contribution in [0.3, 0.4) is 0 Å². The van der Waals surface area contributed by atoms with Gasteiger partial charge in [0.25, 0.3) is 0 Å². The Morgan fingerprint density at radius 3 is 2.57 bits per heavy atom. The van der Waals surface area contributed by atoms with Crippen LogP contribution in [0.5, 0.6) is 0 Å². The van der Waals surface area contributed by atoms with Gasteiger partial charge in [-0.05, 0) is 0 Å². The molecule has 0 heterocycles. The van der Waals surface area contributed by atoms with Crippen molar-refractivity contribution in [2.24, 2.45) is 10.6 Å². The maximum absolute atomic E-state index is 10.6. The summed E-state index contributed by atoms with van der Waals surface area (Å²) in [6, 6.07) is 0. The standard InChI is InChI=1S/C7H14N2O4S/c1-7(2,5-14(11)12)4-9-13-6(10)8-3/h4,14H,5H2,1-3H3,(H,8,10). The minimum atomic E-state index is -2.47. The third-order valence-corrected chi connectivity index (χ3v) is 2.35. The molecule has 0 aliphatic heterocycles. The van der Waals surface area contributed by atoms with E-state index in [1.165, 1.54) is 13.3 Å². The van der Waals surface area contributed by atoms with E-state index in [4.69, 9.17) is 0 Å². The quantitative estimate of drug-likeness (QED) is 0.303. The van der Waals surface area contributed by atoms with Gasteiger partial charge in [-0.1, -0.05) is 19.0 Å². The molecule has 0 aromatic rings. The van der Waals surface area contributed by atoms with Crippen molar-refractivity contribution < 1.29 is 18.0 Å². The predicted octanol–water partition coefficient (Wildman–Crippen LogP) is -0.0342. The number of amides is 1. The molecule has 82 valence electrons. The lowest BCUT2D eigenvalue weighted by atomic mass is 9.99. The molecule has 6 nitrogen and oxygen atoms in total. The van der Waals surface area contributed by atoms with Crippen LogP contribution < -0.4 is 5.32 Å². The lowest BCUT2D eigenvalue weighted by Crippen LogP contribution is -2.21. The minimum absolute atomic E-state index is 0.0388. The maximum Gasteiger partial charge on any atom is 0.433 e. The molecule has 0 unspecified atom stereocenters. The molecule has 14 heavy (non-hydrogen) atoms. The van der Waals surface area contributed by atoms with Gasteiger partial charge in [-0.3, -0.25) is 4.84 Å². The van der Waals surface area contributed by atoms with Crippen molar-refractivity contribution in [3.63, 3.8) is 0 Å². The molecule has 0 atom stereocenters. The number of thiol groups is 1. The molecular formula is C7H14N2O4S. The highest BCUT2D eigenvalue weighted by Gasteiger charge is 2.16. The van der Waals surface area contributed by atoms with Crippen LogP contribution in [0.25, 0.3) is 0 Å². The zero-order chi connectivity index (χ0) is 11.2. The zero-order valence-electron chi connectivity index (χ0n) is 8.31. The van der Waals surface area contributed by atoms with Crippen molar-refractivity contribution in [1.82, 2.24) is 5.32 Å². The van der Waals surface area contributed by atoms with Crippen molar-refractivity contribution in [1.29, 1.82) is 0 Å². The summed E-state index contributed by atoms with van der Waals surface area (Å²) in [6.45, 7) is 3.35. The average molecular weight is 222 g/mol. The van der Waals surface area contributed by atoms with Gasteiger partial charge in [-0.2, -0.15) is 0 Å². The van der Waals surface area contributed by atoms with Gasteiger partial charge >= 0.3 is 6.09 Å². The molecule has 1 amide bonds. The van der Waals surface area contributed by atoms with Crippen LogP contribution in [0, 0.1) is 5.41 Å². The first-order chi connectivity index (χ1) is 6.37. The highest BCUT2D eigenvalue weighted by molar-refractivity contribution is 7.72. The number of rotatable bonds is 4. The fraction of sp³-hybridized carbons (Fsp3) is 0.714. The van der Waals surface area contributed by atoms with E-state index in [0.29, 0.717) is 0 Å². The molecule has 0 radical (unpaired) electrons. The number of hydrogen-bond donors (Lipinski definition) is 2. The van der Waals surface area contributed by atoms with E-state index in [-0.39, 0.29) is 5.75 Å². The third-order valence-electron chi connectivity index (χ3n) is 1.28. The second-order valence-corrected chi connectivity index (χ2v) is 4.32. The lowest BCUT2D eigenvalue weighted by Gasteiger charge is -2.13.